The third-order valence-corrected chi connectivity index (χ3v) is 3.08. The van der Waals surface area contributed by atoms with Crippen molar-refractivity contribution in [1.29, 1.82) is 0 Å². The molecule has 1 aromatic rings. The summed E-state index contributed by atoms with van der Waals surface area (Å²) in [5.74, 6) is -0.250. The van der Waals surface area contributed by atoms with Gasteiger partial charge in [0.2, 0.25) is 0 Å². The molecular weight excluding hydrogens is 230 g/mol. The molecule has 98 valence electrons. The Morgan fingerprint density at radius 3 is 2.89 bits per heavy atom. The van der Waals surface area contributed by atoms with E-state index in [1.807, 2.05) is 30.3 Å². The number of carbonyl (C=O) groups is 1. The van der Waals surface area contributed by atoms with Gasteiger partial charge in [0, 0.05) is 6.42 Å². The molecule has 1 aliphatic rings. The first-order chi connectivity index (χ1) is 8.75. The molecule has 4 nitrogen and oxygen atoms in total. The van der Waals surface area contributed by atoms with Crippen LogP contribution in [0.1, 0.15) is 18.4 Å². The summed E-state index contributed by atoms with van der Waals surface area (Å²) in [6.45, 7) is 0.929. The molecule has 4 heteroatoms. The number of nitrogens with one attached hydrogen (secondary N) is 1. The van der Waals surface area contributed by atoms with Gasteiger partial charge in [0.25, 0.3) is 0 Å². The standard InChI is InChI=1S/C14H19NO3/c16-12(9-11-5-2-1-3-6-11)10-18-14(17)13-7-4-8-15-13/h1-3,5-6,12-13,15-16H,4,7-10H2. The van der Waals surface area contributed by atoms with Crippen LogP contribution in [0.15, 0.2) is 30.3 Å². The maximum atomic E-state index is 11.6. The highest BCUT2D eigenvalue weighted by Crippen LogP contribution is 2.08. The number of aliphatic hydroxyl groups excluding tert-OH is 1. The lowest BCUT2D eigenvalue weighted by molar-refractivity contribution is -0.148. The molecule has 1 heterocycles. The molecule has 2 atom stereocenters. The first kappa shape index (κ1) is 13.1. The lowest BCUT2D eigenvalue weighted by Gasteiger charge is -2.14. The molecule has 1 aliphatic heterocycles. The van der Waals surface area contributed by atoms with Crippen LogP contribution >= 0.6 is 0 Å². The Morgan fingerprint density at radius 2 is 2.22 bits per heavy atom. The van der Waals surface area contributed by atoms with E-state index in [0.717, 1.165) is 24.9 Å². The third-order valence-electron chi connectivity index (χ3n) is 3.08. The van der Waals surface area contributed by atoms with Crippen LogP contribution in [0.2, 0.25) is 0 Å². The fourth-order valence-corrected chi connectivity index (χ4v) is 2.11. The van der Waals surface area contributed by atoms with E-state index < -0.39 is 6.10 Å². The van der Waals surface area contributed by atoms with Gasteiger partial charge in [0.15, 0.2) is 0 Å². The number of ether oxygens (including phenoxy) is 1. The molecule has 1 fully saturated rings. The number of esters is 1. The Hall–Kier alpha value is -1.39. The second kappa shape index (κ2) is 6.52. The Kier molecular flexibility index (Phi) is 4.73. The molecule has 2 rings (SSSR count). The van der Waals surface area contributed by atoms with Crippen LogP contribution < -0.4 is 5.32 Å². The van der Waals surface area contributed by atoms with Gasteiger partial charge in [0.05, 0.1) is 6.10 Å². The van der Waals surface area contributed by atoms with Gasteiger partial charge in [-0.15, -0.1) is 0 Å². The van der Waals surface area contributed by atoms with Crippen LogP contribution in [0.25, 0.3) is 0 Å². The van der Waals surface area contributed by atoms with Gasteiger partial charge < -0.3 is 15.2 Å². The Morgan fingerprint density at radius 1 is 1.44 bits per heavy atom. The van der Waals surface area contributed by atoms with Crippen LogP contribution in [0.4, 0.5) is 0 Å². The van der Waals surface area contributed by atoms with Crippen LogP contribution in [0.3, 0.4) is 0 Å². The number of hydrogen-bond acceptors (Lipinski definition) is 4. The van der Waals surface area contributed by atoms with Gasteiger partial charge in [-0.25, -0.2) is 0 Å². The zero-order valence-electron chi connectivity index (χ0n) is 10.3. The lowest BCUT2D eigenvalue weighted by Crippen LogP contribution is -2.34. The van der Waals surface area contributed by atoms with Crippen molar-refractivity contribution in [3.8, 4) is 0 Å². The van der Waals surface area contributed by atoms with Gasteiger partial charge in [-0.2, -0.15) is 0 Å². The number of benzene rings is 1. The van der Waals surface area contributed by atoms with E-state index >= 15 is 0 Å². The number of rotatable bonds is 5. The van der Waals surface area contributed by atoms with Crippen molar-refractivity contribution in [3.63, 3.8) is 0 Å². The highest BCUT2D eigenvalue weighted by molar-refractivity contribution is 5.76. The maximum absolute atomic E-state index is 11.6. The van der Waals surface area contributed by atoms with Gasteiger partial charge >= 0.3 is 5.97 Å². The summed E-state index contributed by atoms with van der Waals surface area (Å²) in [7, 11) is 0. The molecule has 0 spiro atoms. The largest absolute Gasteiger partial charge is 0.462 e. The van der Waals surface area contributed by atoms with Gasteiger partial charge in [-0.05, 0) is 24.9 Å². The average molecular weight is 249 g/mol. The molecule has 18 heavy (non-hydrogen) atoms. The summed E-state index contributed by atoms with van der Waals surface area (Å²) < 4.78 is 5.11. The molecule has 0 aromatic heterocycles. The second-order valence-corrected chi connectivity index (χ2v) is 4.62. The number of aliphatic hydroxyl groups is 1. The normalized spacial score (nSPS) is 20.6. The van der Waals surface area contributed by atoms with E-state index in [4.69, 9.17) is 4.74 Å². The smallest absolute Gasteiger partial charge is 0.323 e. The molecule has 0 radical (unpaired) electrons. The van der Waals surface area contributed by atoms with E-state index in [-0.39, 0.29) is 18.6 Å². The van der Waals surface area contributed by atoms with Crippen molar-refractivity contribution in [2.75, 3.05) is 13.2 Å². The van der Waals surface area contributed by atoms with Crippen LogP contribution in [0, 0.1) is 0 Å². The van der Waals surface area contributed by atoms with E-state index in [1.54, 1.807) is 0 Å². The summed E-state index contributed by atoms with van der Waals surface area (Å²) in [4.78, 5) is 11.6. The number of carbonyl (C=O) groups excluding carboxylic acids is 1. The first-order valence-electron chi connectivity index (χ1n) is 6.38. The molecule has 0 bridgehead atoms. The average Bonchev–Trinajstić information content (AvgIpc) is 2.91. The number of hydrogen-bond donors (Lipinski definition) is 2. The minimum Gasteiger partial charge on any atom is -0.462 e. The third kappa shape index (κ3) is 3.82. The van der Waals surface area contributed by atoms with E-state index in [2.05, 4.69) is 5.32 Å². The molecule has 0 saturated carbocycles. The molecule has 1 saturated heterocycles. The Labute approximate surface area is 107 Å². The monoisotopic (exact) mass is 249 g/mol. The Balaban J connectivity index is 1.71. The van der Waals surface area contributed by atoms with Gasteiger partial charge in [-0.3, -0.25) is 4.79 Å². The van der Waals surface area contributed by atoms with Crippen molar-refractivity contribution < 1.29 is 14.6 Å². The minimum atomic E-state index is -0.641. The Bertz CT molecular complexity index is 374. The van der Waals surface area contributed by atoms with Crippen molar-refractivity contribution >= 4 is 5.97 Å². The predicted octanol–water partition coefficient (Wildman–Crippen LogP) is 0.885. The molecule has 2 unspecified atom stereocenters. The summed E-state index contributed by atoms with van der Waals surface area (Å²) >= 11 is 0. The quantitative estimate of drug-likeness (QED) is 0.761. The molecule has 1 aromatic carbocycles. The van der Waals surface area contributed by atoms with E-state index in [9.17, 15) is 9.90 Å². The van der Waals surface area contributed by atoms with Gasteiger partial charge in [0.1, 0.15) is 12.6 Å². The minimum absolute atomic E-state index is 0.0614. The van der Waals surface area contributed by atoms with E-state index in [1.165, 1.54) is 0 Å². The van der Waals surface area contributed by atoms with Crippen LogP contribution in [-0.2, 0) is 16.0 Å². The van der Waals surface area contributed by atoms with Crippen molar-refractivity contribution in [1.82, 2.24) is 5.32 Å². The maximum Gasteiger partial charge on any atom is 0.323 e. The van der Waals surface area contributed by atoms with Crippen molar-refractivity contribution in [3.05, 3.63) is 35.9 Å². The van der Waals surface area contributed by atoms with Crippen molar-refractivity contribution in [2.24, 2.45) is 0 Å². The summed E-state index contributed by atoms with van der Waals surface area (Å²) in [5, 5.41) is 12.9. The SMILES string of the molecule is O=C(OCC(O)Cc1ccccc1)C1CCCN1. The fourth-order valence-electron chi connectivity index (χ4n) is 2.11. The zero-order chi connectivity index (χ0) is 12.8. The zero-order valence-corrected chi connectivity index (χ0v) is 10.3. The van der Waals surface area contributed by atoms with E-state index in [0.29, 0.717) is 6.42 Å². The first-order valence-corrected chi connectivity index (χ1v) is 6.38. The molecule has 0 amide bonds. The van der Waals surface area contributed by atoms with Crippen LogP contribution in [-0.4, -0.2) is 36.4 Å². The lowest BCUT2D eigenvalue weighted by atomic mass is 10.1. The van der Waals surface area contributed by atoms with Gasteiger partial charge in [-0.1, -0.05) is 30.3 Å². The fraction of sp³-hybridized carbons (Fsp3) is 0.500. The predicted molar refractivity (Wildman–Crippen MR) is 68.1 cm³/mol. The molecule has 2 N–H and O–H groups in total. The molecule has 0 aliphatic carbocycles. The van der Waals surface area contributed by atoms with Crippen LogP contribution in [0.5, 0.6) is 0 Å². The highest BCUT2D eigenvalue weighted by atomic mass is 16.5. The molecular formula is C14H19NO3. The second-order valence-electron chi connectivity index (χ2n) is 4.62. The van der Waals surface area contributed by atoms with Crippen molar-refractivity contribution in [2.45, 2.75) is 31.4 Å². The summed E-state index contributed by atoms with van der Waals surface area (Å²) in [5.41, 5.74) is 1.04. The summed E-state index contributed by atoms with van der Waals surface area (Å²) in [6.07, 6.45) is 1.70. The highest BCUT2D eigenvalue weighted by Gasteiger charge is 2.23. The topological polar surface area (TPSA) is 58.6 Å². The summed E-state index contributed by atoms with van der Waals surface area (Å²) in [6, 6.07) is 9.50.